The van der Waals surface area contributed by atoms with Crippen LogP contribution in [0.2, 0.25) is 0 Å². The van der Waals surface area contributed by atoms with Crippen LogP contribution in [0.3, 0.4) is 0 Å². The smallest absolute Gasteiger partial charge is 0.236 e. The van der Waals surface area contributed by atoms with Crippen LogP contribution in [0.1, 0.15) is 31.4 Å². The van der Waals surface area contributed by atoms with Crippen LogP contribution in [0.25, 0.3) is 0 Å². The summed E-state index contributed by atoms with van der Waals surface area (Å²) >= 11 is 0. The Kier molecular flexibility index (Phi) is 4.43. The Hall–Kier alpha value is -1.55. The summed E-state index contributed by atoms with van der Waals surface area (Å²) in [7, 11) is 1.99. The summed E-state index contributed by atoms with van der Waals surface area (Å²) in [6, 6.07) is 8.05. The van der Waals surface area contributed by atoms with Gasteiger partial charge in [0.05, 0.1) is 6.54 Å². The van der Waals surface area contributed by atoms with Gasteiger partial charge in [0.2, 0.25) is 5.91 Å². The maximum atomic E-state index is 12.1. The molecule has 1 heterocycles. The number of carbonyl (C=O) groups is 1. The molecular formula is C15H23N3O. The maximum absolute atomic E-state index is 12.1. The van der Waals surface area contributed by atoms with Gasteiger partial charge in [0.15, 0.2) is 0 Å². The number of amides is 1. The number of hydrogen-bond donors (Lipinski definition) is 1. The van der Waals surface area contributed by atoms with Crippen LogP contribution in [-0.4, -0.2) is 42.4 Å². The number of nitrogens with two attached hydrogens (primary N) is 1. The van der Waals surface area contributed by atoms with E-state index in [1.165, 1.54) is 0 Å². The van der Waals surface area contributed by atoms with E-state index < -0.39 is 0 Å². The van der Waals surface area contributed by atoms with Crippen LogP contribution < -0.4 is 5.73 Å². The monoisotopic (exact) mass is 261 g/mol. The van der Waals surface area contributed by atoms with Gasteiger partial charge in [-0.3, -0.25) is 9.69 Å². The number of benzene rings is 1. The molecular weight excluding hydrogens is 238 g/mol. The zero-order valence-corrected chi connectivity index (χ0v) is 11.8. The summed E-state index contributed by atoms with van der Waals surface area (Å²) in [6.07, 6.45) is 2.28. The molecule has 1 atom stereocenters. The van der Waals surface area contributed by atoms with E-state index in [9.17, 15) is 4.79 Å². The standard InChI is InChI=1S/C15H23N3O/c1-12(13-6-5-7-14(16)10-13)17(2)11-15(19)18-8-3-4-9-18/h5-7,10,12H,3-4,8-9,11,16H2,1-2H3. The largest absolute Gasteiger partial charge is 0.399 e. The average molecular weight is 261 g/mol. The van der Waals surface area contributed by atoms with E-state index in [1.807, 2.05) is 30.1 Å². The molecule has 0 radical (unpaired) electrons. The average Bonchev–Trinajstić information content (AvgIpc) is 2.91. The number of nitrogens with zero attached hydrogens (tertiary/aromatic N) is 2. The highest BCUT2D eigenvalue weighted by molar-refractivity contribution is 5.78. The van der Waals surface area contributed by atoms with Crippen molar-refractivity contribution in [2.75, 3.05) is 32.4 Å². The first-order chi connectivity index (χ1) is 9.08. The molecule has 2 rings (SSSR count). The SMILES string of the molecule is CC(c1cccc(N)c1)N(C)CC(=O)N1CCCC1. The van der Waals surface area contributed by atoms with E-state index in [0.717, 1.165) is 37.2 Å². The Bertz CT molecular complexity index is 441. The normalized spacial score (nSPS) is 16.9. The lowest BCUT2D eigenvalue weighted by atomic mass is 10.1. The molecule has 4 nitrogen and oxygen atoms in total. The Labute approximate surface area is 115 Å². The Morgan fingerprint density at radius 1 is 1.42 bits per heavy atom. The van der Waals surface area contributed by atoms with E-state index in [-0.39, 0.29) is 11.9 Å². The van der Waals surface area contributed by atoms with E-state index in [4.69, 9.17) is 5.73 Å². The molecule has 1 aliphatic heterocycles. The van der Waals surface area contributed by atoms with Crippen molar-refractivity contribution in [1.29, 1.82) is 0 Å². The Morgan fingerprint density at radius 2 is 2.11 bits per heavy atom. The predicted molar refractivity (Wildman–Crippen MR) is 77.7 cm³/mol. The molecule has 0 spiro atoms. The van der Waals surface area contributed by atoms with Crippen molar-refractivity contribution >= 4 is 11.6 Å². The van der Waals surface area contributed by atoms with Gasteiger partial charge in [-0.15, -0.1) is 0 Å². The third kappa shape index (κ3) is 3.47. The van der Waals surface area contributed by atoms with E-state index >= 15 is 0 Å². The second-order valence-electron chi connectivity index (χ2n) is 5.35. The van der Waals surface area contributed by atoms with Gasteiger partial charge in [-0.05, 0) is 44.5 Å². The van der Waals surface area contributed by atoms with Crippen LogP contribution in [-0.2, 0) is 4.79 Å². The lowest BCUT2D eigenvalue weighted by Gasteiger charge is -2.27. The van der Waals surface area contributed by atoms with Crippen LogP contribution >= 0.6 is 0 Å². The van der Waals surface area contributed by atoms with Gasteiger partial charge in [0.1, 0.15) is 0 Å². The predicted octanol–water partition coefficient (Wildman–Crippen LogP) is 1.88. The van der Waals surface area contributed by atoms with Crippen LogP contribution in [0.15, 0.2) is 24.3 Å². The summed E-state index contributed by atoms with van der Waals surface area (Å²) in [5.74, 6) is 0.232. The first-order valence-corrected chi connectivity index (χ1v) is 6.91. The molecule has 104 valence electrons. The van der Waals surface area contributed by atoms with Gasteiger partial charge >= 0.3 is 0 Å². The molecule has 1 fully saturated rings. The fourth-order valence-corrected chi connectivity index (χ4v) is 2.49. The fourth-order valence-electron chi connectivity index (χ4n) is 2.49. The van der Waals surface area contributed by atoms with Crippen molar-refractivity contribution in [3.05, 3.63) is 29.8 Å². The molecule has 2 N–H and O–H groups in total. The molecule has 0 aromatic heterocycles. The second-order valence-corrected chi connectivity index (χ2v) is 5.35. The second kappa shape index (κ2) is 6.06. The van der Waals surface area contributed by atoms with Gasteiger partial charge in [-0.1, -0.05) is 12.1 Å². The zero-order chi connectivity index (χ0) is 13.8. The van der Waals surface area contributed by atoms with E-state index in [1.54, 1.807) is 0 Å². The van der Waals surface area contributed by atoms with Crippen molar-refractivity contribution in [3.63, 3.8) is 0 Å². The number of rotatable bonds is 4. The molecule has 0 aliphatic carbocycles. The summed E-state index contributed by atoms with van der Waals surface area (Å²) in [6.45, 7) is 4.40. The lowest BCUT2D eigenvalue weighted by Crippen LogP contribution is -2.38. The maximum Gasteiger partial charge on any atom is 0.236 e. The molecule has 19 heavy (non-hydrogen) atoms. The first-order valence-electron chi connectivity index (χ1n) is 6.91. The fraction of sp³-hybridized carbons (Fsp3) is 0.533. The minimum atomic E-state index is 0.190. The van der Waals surface area contributed by atoms with E-state index in [2.05, 4.69) is 17.9 Å². The first kappa shape index (κ1) is 13.9. The van der Waals surface area contributed by atoms with Crippen molar-refractivity contribution in [3.8, 4) is 0 Å². The van der Waals surface area contributed by atoms with Gasteiger partial charge < -0.3 is 10.6 Å². The molecule has 1 unspecified atom stereocenters. The van der Waals surface area contributed by atoms with E-state index in [0.29, 0.717) is 6.54 Å². The minimum Gasteiger partial charge on any atom is -0.399 e. The molecule has 1 amide bonds. The van der Waals surface area contributed by atoms with Gasteiger partial charge in [-0.25, -0.2) is 0 Å². The Balaban J connectivity index is 1.95. The van der Waals surface area contributed by atoms with Gasteiger partial charge in [-0.2, -0.15) is 0 Å². The van der Waals surface area contributed by atoms with Crippen molar-refractivity contribution in [1.82, 2.24) is 9.80 Å². The third-order valence-electron chi connectivity index (χ3n) is 3.90. The summed E-state index contributed by atoms with van der Waals surface area (Å²) in [5.41, 5.74) is 7.72. The number of likely N-dealkylation sites (tertiary alicyclic amines) is 1. The number of anilines is 1. The highest BCUT2D eigenvalue weighted by atomic mass is 16.2. The minimum absolute atomic E-state index is 0.190. The number of carbonyl (C=O) groups excluding carboxylic acids is 1. The molecule has 0 bridgehead atoms. The van der Waals surface area contributed by atoms with Crippen LogP contribution in [0.4, 0.5) is 5.69 Å². The van der Waals surface area contributed by atoms with Crippen molar-refractivity contribution in [2.24, 2.45) is 0 Å². The van der Waals surface area contributed by atoms with Crippen molar-refractivity contribution < 1.29 is 4.79 Å². The van der Waals surface area contributed by atoms with Crippen LogP contribution in [0, 0.1) is 0 Å². The molecule has 4 heteroatoms. The van der Waals surface area contributed by atoms with Crippen LogP contribution in [0.5, 0.6) is 0 Å². The quantitative estimate of drug-likeness (QED) is 0.842. The van der Waals surface area contributed by atoms with Crippen molar-refractivity contribution in [2.45, 2.75) is 25.8 Å². The summed E-state index contributed by atoms with van der Waals surface area (Å²) in [4.78, 5) is 16.2. The number of nitrogen functional groups attached to an aromatic ring is 1. The third-order valence-corrected chi connectivity index (χ3v) is 3.90. The number of likely N-dealkylation sites (N-methyl/N-ethyl adjacent to an activating group) is 1. The molecule has 0 saturated carbocycles. The Morgan fingerprint density at radius 3 is 2.74 bits per heavy atom. The van der Waals surface area contributed by atoms with Gasteiger partial charge in [0.25, 0.3) is 0 Å². The summed E-state index contributed by atoms with van der Waals surface area (Å²) in [5, 5.41) is 0. The zero-order valence-electron chi connectivity index (χ0n) is 11.8. The lowest BCUT2D eigenvalue weighted by molar-refractivity contribution is -0.131. The highest BCUT2D eigenvalue weighted by Gasteiger charge is 2.21. The van der Waals surface area contributed by atoms with Gasteiger partial charge in [0, 0.05) is 24.8 Å². The highest BCUT2D eigenvalue weighted by Crippen LogP contribution is 2.20. The molecule has 1 aromatic carbocycles. The summed E-state index contributed by atoms with van der Waals surface area (Å²) < 4.78 is 0. The molecule has 1 saturated heterocycles. The molecule has 1 aliphatic rings. The number of hydrogen-bond acceptors (Lipinski definition) is 3. The molecule has 1 aromatic rings. The topological polar surface area (TPSA) is 49.6 Å².